The number of aromatic nitrogens is 1. The minimum Gasteiger partial charge on any atom is -0.495 e. The fraction of sp³-hybridized carbons (Fsp3) is 0.435. The maximum absolute atomic E-state index is 11.8. The van der Waals surface area contributed by atoms with Gasteiger partial charge in [0.2, 0.25) is 0 Å². The van der Waals surface area contributed by atoms with Gasteiger partial charge in [-0.05, 0) is 24.3 Å². The maximum Gasteiger partial charge on any atom is 0.303 e. The van der Waals surface area contributed by atoms with Crippen LogP contribution in [0.25, 0.3) is 0 Å². The number of aliphatic carboxylic acids is 2. The van der Waals surface area contributed by atoms with E-state index in [9.17, 15) is 14.4 Å². The van der Waals surface area contributed by atoms with Crippen molar-refractivity contribution in [3.05, 3.63) is 47.8 Å². The summed E-state index contributed by atoms with van der Waals surface area (Å²) in [7, 11) is 5.32. The van der Waals surface area contributed by atoms with Gasteiger partial charge < -0.3 is 29.7 Å². The van der Waals surface area contributed by atoms with Crippen LogP contribution < -0.4 is 15.0 Å². The van der Waals surface area contributed by atoms with Crippen LogP contribution in [0, 0.1) is 0 Å². The fourth-order valence-corrected chi connectivity index (χ4v) is 3.55. The third-order valence-corrected chi connectivity index (χ3v) is 5.42. The van der Waals surface area contributed by atoms with Crippen molar-refractivity contribution in [1.29, 1.82) is 0 Å². The first-order chi connectivity index (χ1) is 15.8. The highest BCUT2D eigenvalue weighted by atomic mass is 16.5. The predicted molar refractivity (Wildman–Crippen MR) is 124 cm³/mol. The summed E-state index contributed by atoms with van der Waals surface area (Å²) < 4.78 is 7.45. The Morgan fingerprint density at radius 1 is 0.970 bits per heavy atom. The Morgan fingerprint density at radius 3 is 2.12 bits per heavy atom. The zero-order chi connectivity index (χ0) is 24.4. The molecule has 0 spiro atoms. The summed E-state index contributed by atoms with van der Waals surface area (Å²) in [5.41, 5.74) is 3.01. The molecule has 0 radical (unpaired) electrons. The van der Waals surface area contributed by atoms with Crippen LogP contribution in [-0.4, -0.2) is 77.9 Å². The van der Waals surface area contributed by atoms with E-state index in [1.807, 2.05) is 35.9 Å². The Labute approximate surface area is 193 Å². The van der Waals surface area contributed by atoms with Crippen LogP contribution in [0.1, 0.15) is 29.0 Å². The molecule has 0 bridgehead atoms. The van der Waals surface area contributed by atoms with Crippen molar-refractivity contribution in [2.24, 2.45) is 7.05 Å². The number of nitrogens with zero attached hydrogens (tertiary/aromatic N) is 3. The molecule has 0 unspecified atom stereocenters. The number of anilines is 1. The van der Waals surface area contributed by atoms with Crippen LogP contribution >= 0.6 is 0 Å². The smallest absolute Gasteiger partial charge is 0.303 e. The van der Waals surface area contributed by atoms with Gasteiger partial charge in [0.15, 0.2) is 0 Å². The van der Waals surface area contributed by atoms with Gasteiger partial charge in [-0.15, -0.1) is 0 Å². The molecule has 3 N–H and O–H groups in total. The molecule has 1 aromatic heterocycles. The van der Waals surface area contributed by atoms with Gasteiger partial charge in [-0.1, -0.05) is 12.1 Å². The number of ether oxygens (including phenoxy) is 1. The van der Waals surface area contributed by atoms with Crippen molar-refractivity contribution < 1.29 is 29.3 Å². The third-order valence-electron chi connectivity index (χ3n) is 5.42. The SMILES string of the molecule is CNC(=O)c1ccc(CN2CCN(c3ccccc3OC)CC2)n1C.O=C(O)CCC(=O)O. The average molecular weight is 461 g/mol. The average Bonchev–Trinajstić information content (AvgIpc) is 3.18. The van der Waals surface area contributed by atoms with E-state index >= 15 is 0 Å². The van der Waals surface area contributed by atoms with Gasteiger partial charge in [-0.25, -0.2) is 0 Å². The number of methoxy groups -OCH3 is 1. The normalized spacial score (nSPS) is 13.6. The fourth-order valence-electron chi connectivity index (χ4n) is 3.55. The zero-order valence-electron chi connectivity index (χ0n) is 19.3. The highest BCUT2D eigenvalue weighted by Crippen LogP contribution is 2.28. The zero-order valence-corrected chi connectivity index (χ0v) is 19.3. The van der Waals surface area contributed by atoms with Gasteiger partial charge >= 0.3 is 11.9 Å². The summed E-state index contributed by atoms with van der Waals surface area (Å²) in [5, 5.41) is 18.5. The Kier molecular flexibility index (Phi) is 9.74. The quantitative estimate of drug-likeness (QED) is 0.543. The number of carbonyl (C=O) groups is 3. The Balaban J connectivity index is 0.000000414. The number of nitrogens with one attached hydrogen (secondary N) is 1. The van der Waals surface area contributed by atoms with Gasteiger partial charge in [-0.2, -0.15) is 0 Å². The molecule has 1 fully saturated rings. The van der Waals surface area contributed by atoms with E-state index in [4.69, 9.17) is 14.9 Å². The van der Waals surface area contributed by atoms with Crippen LogP contribution in [0.2, 0.25) is 0 Å². The van der Waals surface area contributed by atoms with E-state index in [0.717, 1.165) is 49.9 Å². The Bertz CT molecular complexity index is 936. The van der Waals surface area contributed by atoms with Crippen molar-refractivity contribution in [2.75, 3.05) is 45.2 Å². The van der Waals surface area contributed by atoms with Crippen LogP contribution in [0.15, 0.2) is 36.4 Å². The largest absolute Gasteiger partial charge is 0.495 e. The number of amides is 1. The molecule has 1 aromatic carbocycles. The summed E-state index contributed by atoms with van der Waals surface area (Å²) in [6.45, 7) is 4.75. The van der Waals surface area contributed by atoms with Gasteiger partial charge in [0.05, 0.1) is 25.6 Å². The van der Waals surface area contributed by atoms with Crippen LogP contribution in [0.4, 0.5) is 5.69 Å². The molecule has 2 heterocycles. The molecule has 3 rings (SSSR count). The second kappa shape index (κ2) is 12.5. The molecular weight excluding hydrogens is 428 g/mol. The van der Waals surface area contributed by atoms with Crippen molar-refractivity contribution in [3.63, 3.8) is 0 Å². The van der Waals surface area contributed by atoms with Crippen LogP contribution in [0.3, 0.4) is 0 Å². The molecule has 0 saturated carbocycles. The van der Waals surface area contributed by atoms with Gasteiger partial charge in [0, 0.05) is 52.5 Å². The number of benzene rings is 1. The maximum atomic E-state index is 11.8. The molecule has 1 aliphatic rings. The lowest BCUT2D eigenvalue weighted by Gasteiger charge is -2.36. The van der Waals surface area contributed by atoms with E-state index in [2.05, 4.69) is 27.2 Å². The second-order valence-corrected chi connectivity index (χ2v) is 7.57. The number of piperazine rings is 1. The number of para-hydroxylation sites is 2. The molecule has 10 nitrogen and oxygen atoms in total. The second-order valence-electron chi connectivity index (χ2n) is 7.57. The summed E-state index contributed by atoms with van der Waals surface area (Å²) in [5.74, 6) is -1.27. The standard InChI is InChI=1S/C19H26N4O2.C4H6O4/c1-20-19(24)17-9-8-15(21(17)2)14-22-10-12-23(13-11-22)16-6-4-5-7-18(16)25-3;5-3(6)1-2-4(7)8/h4-9H,10-14H2,1-3H3,(H,20,24);1-2H2,(H,5,6)(H,7,8). The first-order valence-electron chi connectivity index (χ1n) is 10.7. The molecule has 1 amide bonds. The summed E-state index contributed by atoms with van der Waals surface area (Å²) >= 11 is 0. The molecule has 33 heavy (non-hydrogen) atoms. The predicted octanol–water partition coefficient (Wildman–Crippen LogP) is 1.65. The van der Waals surface area contributed by atoms with Crippen molar-refractivity contribution >= 4 is 23.5 Å². The molecule has 0 atom stereocenters. The number of hydrogen-bond donors (Lipinski definition) is 3. The first-order valence-corrected chi connectivity index (χ1v) is 10.7. The molecule has 10 heteroatoms. The Hall–Kier alpha value is -3.53. The number of carboxylic acids is 2. The van der Waals surface area contributed by atoms with E-state index in [1.54, 1.807) is 14.2 Å². The molecular formula is C23H32N4O6. The minimum absolute atomic E-state index is 0.0465. The lowest BCUT2D eigenvalue weighted by molar-refractivity contribution is -0.143. The van der Waals surface area contributed by atoms with E-state index in [1.165, 1.54) is 0 Å². The van der Waals surface area contributed by atoms with Crippen molar-refractivity contribution in [2.45, 2.75) is 19.4 Å². The summed E-state index contributed by atoms with van der Waals surface area (Å²) in [4.78, 5) is 35.9. The highest BCUT2D eigenvalue weighted by Gasteiger charge is 2.21. The van der Waals surface area contributed by atoms with E-state index < -0.39 is 11.9 Å². The molecule has 0 aliphatic carbocycles. The molecule has 2 aromatic rings. The number of carboxylic acid groups (broad SMARTS) is 2. The van der Waals surface area contributed by atoms with Crippen molar-refractivity contribution in [1.82, 2.24) is 14.8 Å². The summed E-state index contributed by atoms with van der Waals surface area (Å²) in [6.07, 6.45) is -0.593. The topological polar surface area (TPSA) is 124 Å². The Morgan fingerprint density at radius 2 is 1.58 bits per heavy atom. The van der Waals surface area contributed by atoms with Crippen molar-refractivity contribution in [3.8, 4) is 5.75 Å². The molecule has 1 aliphatic heterocycles. The summed E-state index contributed by atoms with van der Waals surface area (Å²) in [6, 6.07) is 12.1. The number of hydrogen-bond acceptors (Lipinski definition) is 6. The lowest BCUT2D eigenvalue weighted by atomic mass is 10.2. The molecule has 1 saturated heterocycles. The van der Waals surface area contributed by atoms with Gasteiger partial charge in [0.25, 0.3) is 5.91 Å². The minimum atomic E-state index is -1.08. The van der Waals surface area contributed by atoms with E-state index in [0.29, 0.717) is 5.69 Å². The highest BCUT2D eigenvalue weighted by molar-refractivity contribution is 5.92. The third kappa shape index (κ3) is 7.53. The van der Waals surface area contributed by atoms with Gasteiger partial charge in [0.1, 0.15) is 11.4 Å². The van der Waals surface area contributed by atoms with Gasteiger partial charge in [-0.3, -0.25) is 19.3 Å². The molecule has 180 valence electrons. The number of rotatable bonds is 8. The van der Waals surface area contributed by atoms with Crippen LogP contribution in [-0.2, 0) is 23.2 Å². The monoisotopic (exact) mass is 460 g/mol. The first kappa shape index (κ1) is 25.7. The lowest BCUT2D eigenvalue weighted by Crippen LogP contribution is -2.46. The number of carbonyl (C=O) groups excluding carboxylic acids is 1. The van der Waals surface area contributed by atoms with E-state index in [-0.39, 0.29) is 18.7 Å². The van der Waals surface area contributed by atoms with Crippen LogP contribution in [0.5, 0.6) is 5.75 Å².